The molecule has 0 aliphatic rings. The van der Waals surface area contributed by atoms with Crippen LogP contribution in [0.5, 0.6) is 5.75 Å². The summed E-state index contributed by atoms with van der Waals surface area (Å²) >= 11 is 0. The Hall–Kier alpha value is -3.40. The highest BCUT2D eigenvalue weighted by Gasteiger charge is 2.16. The van der Waals surface area contributed by atoms with Crippen molar-refractivity contribution in [1.82, 2.24) is 9.55 Å². The van der Waals surface area contributed by atoms with Gasteiger partial charge in [-0.2, -0.15) is 5.26 Å². The zero-order valence-electron chi connectivity index (χ0n) is 13.9. The fourth-order valence-corrected chi connectivity index (χ4v) is 2.05. The van der Waals surface area contributed by atoms with E-state index in [2.05, 4.69) is 4.98 Å². The molecule has 0 saturated heterocycles. The van der Waals surface area contributed by atoms with Crippen LogP contribution >= 0.6 is 0 Å². The smallest absolute Gasteiger partial charge is 0.345 e. The maximum Gasteiger partial charge on any atom is 0.345 e. The number of rotatable bonds is 6. The molecular formula is C18H17N3O4. The van der Waals surface area contributed by atoms with Crippen LogP contribution < -0.4 is 10.3 Å². The van der Waals surface area contributed by atoms with Crippen LogP contribution in [0.1, 0.15) is 24.2 Å². The first-order valence-corrected chi connectivity index (χ1v) is 7.59. The van der Waals surface area contributed by atoms with Crippen LogP contribution in [0.25, 0.3) is 5.69 Å². The number of carbonyl (C=O) groups excluding carboxylic acids is 1. The fraction of sp³-hybridized carbons (Fsp3) is 0.222. The molecule has 0 spiro atoms. The van der Waals surface area contributed by atoms with Crippen molar-refractivity contribution in [2.45, 2.75) is 13.8 Å². The number of aromatic nitrogens is 2. The number of esters is 1. The van der Waals surface area contributed by atoms with Gasteiger partial charge in [0.05, 0.1) is 18.4 Å². The van der Waals surface area contributed by atoms with Crippen LogP contribution in [0, 0.1) is 11.3 Å². The SMILES string of the molecule is CCOC(=O)c1cncn(-c2ccccc2OC/C(C)=C/C#N)c1=O. The standard InChI is InChI=1S/C18H17N3O4/c1-3-24-18(23)14-10-20-12-21(17(14)22)15-6-4-5-7-16(15)25-11-13(2)8-9-19/h4-8,10,12H,3,11H2,1-2H3/b13-8+. The fourth-order valence-electron chi connectivity index (χ4n) is 2.05. The lowest BCUT2D eigenvalue weighted by atomic mass is 10.2. The first kappa shape index (κ1) is 17.9. The highest BCUT2D eigenvalue weighted by Crippen LogP contribution is 2.21. The van der Waals surface area contributed by atoms with E-state index in [1.54, 1.807) is 38.1 Å². The van der Waals surface area contributed by atoms with Gasteiger partial charge >= 0.3 is 5.97 Å². The van der Waals surface area contributed by atoms with E-state index in [1.165, 1.54) is 23.2 Å². The molecule has 0 fully saturated rings. The van der Waals surface area contributed by atoms with Crippen molar-refractivity contribution >= 4 is 5.97 Å². The van der Waals surface area contributed by atoms with Crippen molar-refractivity contribution < 1.29 is 14.3 Å². The van der Waals surface area contributed by atoms with E-state index >= 15 is 0 Å². The lowest BCUT2D eigenvalue weighted by Crippen LogP contribution is -2.27. The molecule has 0 saturated carbocycles. The van der Waals surface area contributed by atoms with Gasteiger partial charge in [0.15, 0.2) is 0 Å². The largest absolute Gasteiger partial charge is 0.487 e. The minimum absolute atomic E-state index is 0.153. The molecule has 0 N–H and O–H groups in total. The molecule has 25 heavy (non-hydrogen) atoms. The molecule has 0 bridgehead atoms. The summed E-state index contributed by atoms with van der Waals surface area (Å²) in [6.07, 6.45) is 3.88. The molecule has 0 aliphatic carbocycles. The Morgan fingerprint density at radius 1 is 1.40 bits per heavy atom. The molecule has 2 aromatic rings. The maximum atomic E-state index is 12.6. The molecule has 128 valence electrons. The predicted molar refractivity (Wildman–Crippen MR) is 90.7 cm³/mol. The van der Waals surface area contributed by atoms with E-state index in [0.717, 1.165) is 5.57 Å². The summed E-state index contributed by atoms with van der Waals surface area (Å²) in [7, 11) is 0. The number of nitrogens with zero attached hydrogens (tertiary/aromatic N) is 3. The van der Waals surface area contributed by atoms with Crippen LogP contribution in [0.15, 0.2) is 53.2 Å². The van der Waals surface area contributed by atoms with Gasteiger partial charge in [-0.15, -0.1) is 0 Å². The zero-order valence-corrected chi connectivity index (χ0v) is 13.9. The van der Waals surface area contributed by atoms with Crippen LogP contribution in [-0.4, -0.2) is 28.7 Å². The van der Waals surface area contributed by atoms with Gasteiger partial charge in [-0.25, -0.2) is 9.78 Å². The number of carbonyl (C=O) groups is 1. The second-order valence-corrected chi connectivity index (χ2v) is 5.08. The van der Waals surface area contributed by atoms with Crippen LogP contribution in [-0.2, 0) is 4.74 Å². The van der Waals surface area contributed by atoms with Gasteiger partial charge in [0, 0.05) is 12.3 Å². The summed E-state index contributed by atoms with van der Waals surface area (Å²) in [5.41, 5.74) is 0.479. The lowest BCUT2D eigenvalue weighted by molar-refractivity contribution is 0.0523. The van der Waals surface area contributed by atoms with Gasteiger partial charge in [-0.3, -0.25) is 9.36 Å². The number of ether oxygens (including phenoxy) is 2. The van der Waals surface area contributed by atoms with E-state index in [0.29, 0.717) is 11.4 Å². The number of nitriles is 1. The zero-order chi connectivity index (χ0) is 18.2. The van der Waals surface area contributed by atoms with E-state index in [-0.39, 0.29) is 18.8 Å². The molecule has 2 rings (SSSR count). The highest BCUT2D eigenvalue weighted by atomic mass is 16.5. The van der Waals surface area contributed by atoms with Gasteiger partial charge in [0.2, 0.25) is 0 Å². The quantitative estimate of drug-likeness (QED) is 0.592. The molecule has 7 heteroatoms. The first-order chi connectivity index (χ1) is 12.1. The lowest BCUT2D eigenvalue weighted by Gasteiger charge is -2.13. The third kappa shape index (κ3) is 4.32. The number of hydrogen-bond acceptors (Lipinski definition) is 6. The monoisotopic (exact) mass is 339 g/mol. The van der Waals surface area contributed by atoms with Crippen molar-refractivity contribution in [2.75, 3.05) is 13.2 Å². The van der Waals surface area contributed by atoms with Crippen molar-refractivity contribution in [3.05, 3.63) is 64.4 Å². The molecule has 0 unspecified atom stereocenters. The first-order valence-electron chi connectivity index (χ1n) is 7.59. The van der Waals surface area contributed by atoms with E-state index < -0.39 is 11.5 Å². The second-order valence-electron chi connectivity index (χ2n) is 5.08. The molecule has 0 radical (unpaired) electrons. The van der Waals surface area contributed by atoms with Crippen LogP contribution in [0.2, 0.25) is 0 Å². The minimum atomic E-state index is -0.722. The molecule has 7 nitrogen and oxygen atoms in total. The van der Waals surface area contributed by atoms with E-state index in [1.807, 2.05) is 6.07 Å². The summed E-state index contributed by atoms with van der Waals surface area (Å²) in [6.45, 7) is 3.79. The summed E-state index contributed by atoms with van der Waals surface area (Å²) in [4.78, 5) is 28.4. The van der Waals surface area contributed by atoms with Gasteiger partial charge in [0.25, 0.3) is 5.56 Å². The summed E-state index contributed by atoms with van der Waals surface area (Å²) < 4.78 is 11.8. The second kappa shape index (κ2) is 8.45. The molecule has 1 aromatic carbocycles. The molecule has 1 aromatic heterocycles. The van der Waals surface area contributed by atoms with Crippen molar-refractivity contribution in [3.63, 3.8) is 0 Å². The molecule has 0 atom stereocenters. The molecule has 1 heterocycles. The van der Waals surface area contributed by atoms with Crippen molar-refractivity contribution in [2.24, 2.45) is 0 Å². The van der Waals surface area contributed by atoms with E-state index in [4.69, 9.17) is 14.7 Å². The van der Waals surface area contributed by atoms with Gasteiger partial charge in [-0.1, -0.05) is 12.1 Å². The average molecular weight is 339 g/mol. The normalized spacial score (nSPS) is 10.8. The topological polar surface area (TPSA) is 94.2 Å². The Labute approximate surface area is 144 Å². The Kier molecular flexibility index (Phi) is 6.07. The Balaban J connectivity index is 2.42. The highest BCUT2D eigenvalue weighted by molar-refractivity contribution is 5.88. The third-order valence-corrected chi connectivity index (χ3v) is 3.22. The van der Waals surface area contributed by atoms with Crippen LogP contribution in [0.4, 0.5) is 0 Å². The Morgan fingerprint density at radius 3 is 2.88 bits per heavy atom. The third-order valence-electron chi connectivity index (χ3n) is 3.22. The van der Waals surface area contributed by atoms with Gasteiger partial charge < -0.3 is 9.47 Å². The Bertz CT molecular complexity index is 894. The Morgan fingerprint density at radius 2 is 2.16 bits per heavy atom. The predicted octanol–water partition coefficient (Wildman–Crippen LogP) is 2.26. The molecule has 0 aliphatic heterocycles. The summed E-state index contributed by atoms with van der Waals surface area (Å²) in [5.74, 6) is -0.293. The van der Waals surface area contributed by atoms with Crippen LogP contribution in [0.3, 0.4) is 0 Å². The average Bonchev–Trinajstić information content (AvgIpc) is 2.61. The minimum Gasteiger partial charge on any atom is -0.487 e. The van der Waals surface area contributed by atoms with Gasteiger partial charge in [-0.05, 0) is 31.6 Å². The summed E-state index contributed by atoms with van der Waals surface area (Å²) in [6, 6.07) is 8.80. The molecule has 0 amide bonds. The van der Waals surface area contributed by atoms with Gasteiger partial charge in [0.1, 0.15) is 24.2 Å². The summed E-state index contributed by atoms with van der Waals surface area (Å²) in [5, 5.41) is 8.65. The maximum absolute atomic E-state index is 12.6. The van der Waals surface area contributed by atoms with E-state index in [9.17, 15) is 9.59 Å². The molecular weight excluding hydrogens is 322 g/mol. The number of para-hydroxylation sites is 2. The number of allylic oxidation sites excluding steroid dienone is 1. The number of hydrogen-bond donors (Lipinski definition) is 0. The number of benzene rings is 1. The van der Waals surface area contributed by atoms with Crippen molar-refractivity contribution in [3.8, 4) is 17.5 Å². The van der Waals surface area contributed by atoms with Crippen molar-refractivity contribution in [1.29, 1.82) is 5.26 Å².